The molecule has 3 N–H and O–H groups in total. The van der Waals surface area contributed by atoms with Crippen LogP contribution >= 0.6 is 0 Å². The van der Waals surface area contributed by atoms with Crippen molar-refractivity contribution in [3.63, 3.8) is 0 Å². The quantitative estimate of drug-likeness (QED) is 0.544. The number of nitrogens with one attached hydrogen (secondary N) is 2. The molecule has 2 aromatic rings. The van der Waals surface area contributed by atoms with Crippen LogP contribution in [-0.2, 0) is 4.79 Å². The number of aliphatic hydroxyl groups is 1. The Labute approximate surface area is 153 Å². The number of esters is 1. The summed E-state index contributed by atoms with van der Waals surface area (Å²) in [6.45, 7) is 9.69. The van der Waals surface area contributed by atoms with Gasteiger partial charge in [0.05, 0.1) is 17.5 Å². The smallest absolute Gasteiger partial charge is 0.314 e. The normalized spacial score (nSPS) is 15.5. The van der Waals surface area contributed by atoms with E-state index >= 15 is 0 Å². The van der Waals surface area contributed by atoms with E-state index in [1.54, 1.807) is 25.1 Å². The Bertz CT molecular complexity index is 822. The van der Waals surface area contributed by atoms with Crippen LogP contribution in [0.25, 0.3) is 10.9 Å². The first kappa shape index (κ1) is 20.1. The van der Waals surface area contributed by atoms with E-state index in [0.29, 0.717) is 11.3 Å². The van der Waals surface area contributed by atoms with Crippen molar-refractivity contribution in [3.8, 4) is 5.75 Å². The first-order chi connectivity index (χ1) is 12.1. The minimum absolute atomic E-state index is 0.126. The molecule has 0 aliphatic heterocycles. The highest BCUT2D eigenvalue weighted by atomic mass is 16.5. The number of benzene rings is 1. The lowest BCUT2D eigenvalue weighted by Gasteiger charge is -2.30. The maximum Gasteiger partial charge on any atom is 0.314 e. The lowest BCUT2D eigenvalue weighted by molar-refractivity contribution is -0.139. The number of rotatable bonds is 6. The topological polar surface area (TPSA) is 91.4 Å². The number of aliphatic hydroxyl groups excluding tert-OH is 1. The number of aromatic amines is 1. The molecule has 0 saturated carbocycles. The van der Waals surface area contributed by atoms with Crippen molar-refractivity contribution >= 4 is 16.9 Å². The predicted molar refractivity (Wildman–Crippen MR) is 102 cm³/mol. The highest BCUT2D eigenvalue weighted by molar-refractivity contribution is 5.87. The summed E-state index contributed by atoms with van der Waals surface area (Å²) in [7, 11) is 0. The number of ether oxygens (including phenoxy) is 1. The van der Waals surface area contributed by atoms with Gasteiger partial charge in [0.25, 0.3) is 0 Å². The van der Waals surface area contributed by atoms with E-state index in [-0.39, 0.29) is 23.6 Å². The molecule has 142 valence electrons. The molecule has 0 aliphatic carbocycles. The van der Waals surface area contributed by atoms with Crippen molar-refractivity contribution in [1.82, 2.24) is 10.3 Å². The monoisotopic (exact) mass is 360 g/mol. The zero-order valence-corrected chi connectivity index (χ0v) is 16.0. The number of hydrogen-bond acceptors (Lipinski definition) is 5. The van der Waals surface area contributed by atoms with Crippen LogP contribution in [0, 0.1) is 5.92 Å². The van der Waals surface area contributed by atoms with Gasteiger partial charge in [-0.3, -0.25) is 9.59 Å². The Morgan fingerprint density at radius 1 is 1.23 bits per heavy atom. The molecule has 1 heterocycles. The van der Waals surface area contributed by atoms with Gasteiger partial charge in [-0.05, 0) is 46.2 Å². The molecule has 0 aliphatic rings. The maximum atomic E-state index is 12.4. The summed E-state index contributed by atoms with van der Waals surface area (Å²) in [4.78, 5) is 26.7. The van der Waals surface area contributed by atoms with Crippen molar-refractivity contribution < 1.29 is 14.6 Å². The molecule has 6 heteroatoms. The minimum atomic E-state index is -0.677. The van der Waals surface area contributed by atoms with Crippen molar-refractivity contribution in [2.24, 2.45) is 5.92 Å². The molecule has 26 heavy (non-hydrogen) atoms. The van der Waals surface area contributed by atoms with Crippen LogP contribution in [-0.4, -0.2) is 33.7 Å². The number of hydrogen-bond donors (Lipinski definition) is 3. The van der Waals surface area contributed by atoms with Gasteiger partial charge in [-0.2, -0.15) is 0 Å². The fraction of sp³-hybridized carbons (Fsp3) is 0.500. The van der Waals surface area contributed by atoms with Crippen LogP contribution < -0.4 is 15.6 Å². The Morgan fingerprint density at radius 2 is 1.92 bits per heavy atom. The van der Waals surface area contributed by atoms with Crippen LogP contribution in [0.5, 0.6) is 5.75 Å². The van der Waals surface area contributed by atoms with Gasteiger partial charge in [0.1, 0.15) is 0 Å². The number of fused-ring (bicyclic) bond motifs is 1. The molecule has 0 saturated heterocycles. The van der Waals surface area contributed by atoms with E-state index in [9.17, 15) is 14.7 Å². The van der Waals surface area contributed by atoms with Crippen LogP contribution in [0.3, 0.4) is 0 Å². The Balaban J connectivity index is 2.06. The van der Waals surface area contributed by atoms with Crippen LogP contribution in [0.15, 0.2) is 35.1 Å². The fourth-order valence-electron chi connectivity index (χ4n) is 2.89. The second kappa shape index (κ2) is 8.01. The van der Waals surface area contributed by atoms with Gasteiger partial charge in [-0.1, -0.05) is 19.1 Å². The fourth-order valence-corrected chi connectivity index (χ4v) is 2.89. The number of carbonyl (C=O) groups excluding carboxylic acids is 1. The molecule has 0 amide bonds. The van der Waals surface area contributed by atoms with Crippen LogP contribution in [0.4, 0.5) is 0 Å². The van der Waals surface area contributed by atoms with Gasteiger partial charge in [0.2, 0.25) is 5.56 Å². The molecule has 3 unspecified atom stereocenters. The number of H-pyrrole nitrogens is 1. The van der Waals surface area contributed by atoms with Gasteiger partial charge in [0.15, 0.2) is 5.75 Å². The van der Waals surface area contributed by atoms with E-state index < -0.39 is 18.0 Å². The first-order valence-corrected chi connectivity index (χ1v) is 8.86. The number of para-hydroxylation sites is 1. The third kappa shape index (κ3) is 5.41. The zero-order chi connectivity index (χ0) is 19.5. The molecular formula is C20H28N2O4. The Kier molecular flexibility index (Phi) is 6.21. The van der Waals surface area contributed by atoms with E-state index in [1.807, 2.05) is 33.8 Å². The highest BCUT2D eigenvalue weighted by Crippen LogP contribution is 2.24. The SMILES string of the molecule is CC(CC(O)C(C)NC(C)(C)C)C(=O)Oc1cccc2ccc(=O)[nH]c12. The third-order valence-electron chi connectivity index (χ3n) is 4.17. The minimum Gasteiger partial charge on any atom is -0.424 e. The summed E-state index contributed by atoms with van der Waals surface area (Å²) >= 11 is 0. The van der Waals surface area contributed by atoms with Gasteiger partial charge in [0, 0.05) is 23.0 Å². The van der Waals surface area contributed by atoms with Crippen molar-refractivity contribution in [2.45, 2.75) is 58.7 Å². The summed E-state index contributed by atoms with van der Waals surface area (Å²) in [6.07, 6.45) is -0.395. The third-order valence-corrected chi connectivity index (χ3v) is 4.17. The molecule has 0 spiro atoms. The number of pyridine rings is 1. The highest BCUT2D eigenvalue weighted by Gasteiger charge is 2.25. The van der Waals surface area contributed by atoms with Crippen LogP contribution in [0.2, 0.25) is 0 Å². The molecule has 0 fully saturated rings. The summed E-state index contributed by atoms with van der Waals surface area (Å²) in [5.74, 6) is -0.614. The summed E-state index contributed by atoms with van der Waals surface area (Å²) in [6, 6.07) is 8.19. The second-order valence-electron chi connectivity index (χ2n) is 7.85. The average molecular weight is 360 g/mol. The lowest BCUT2D eigenvalue weighted by Crippen LogP contribution is -2.48. The number of aromatic nitrogens is 1. The summed E-state index contributed by atoms with van der Waals surface area (Å²) < 4.78 is 5.49. The predicted octanol–water partition coefficient (Wildman–Crippen LogP) is 2.60. The van der Waals surface area contributed by atoms with Crippen molar-refractivity contribution in [2.75, 3.05) is 0 Å². The van der Waals surface area contributed by atoms with Crippen molar-refractivity contribution in [3.05, 3.63) is 40.7 Å². The molecule has 3 atom stereocenters. The second-order valence-corrected chi connectivity index (χ2v) is 7.85. The van der Waals surface area contributed by atoms with Crippen molar-refractivity contribution in [1.29, 1.82) is 0 Å². The number of carbonyl (C=O) groups is 1. The molecule has 2 rings (SSSR count). The van der Waals surface area contributed by atoms with Gasteiger partial charge in [-0.15, -0.1) is 0 Å². The molecule has 1 aromatic carbocycles. The first-order valence-electron chi connectivity index (χ1n) is 8.86. The summed E-state index contributed by atoms with van der Waals surface area (Å²) in [5, 5.41) is 14.4. The molecule has 6 nitrogen and oxygen atoms in total. The molecule has 1 aromatic heterocycles. The zero-order valence-electron chi connectivity index (χ0n) is 16.0. The Hall–Kier alpha value is -2.18. The standard InChI is InChI=1S/C20H28N2O4/c1-12(11-15(23)13(2)22-20(3,4)5)19(25)26-16-8-6-7-14-9-10-17(24)21-18(14)16/h6-10,12-13,15,22-23H,11H2,1-5H3,(H,21,24). The van der Waals surface area contributed by atoms with E-state index in [2.05, 4.69) is 10.3 Å². The van der Waals surface area contributed by atoms with E-state index in [1.165, 1.54) is 6.07 Å². The maximum absolute atomic E-state index is 12.4. The largest absolute Gasteiger partial charge is 0.424 e. The average Bonchev–Trinajstić information content (AvgIpc) is 2.53. The summed E-state index contributed by atoms with van der Waals surface area (Å²) in [5.41, 5.74) is 0.106. The molecule has 0 bridgehead atoms. The molecule has 0 radical (unpaired) electrons. The van der Waals surface area contributed by atoms with E-state index in [0.717, 1.165) is 5.39 Å². The van der Waals surface area contributed by atoms with Gasteiger partial charge in [-0.25, -0.2) is 0 Å². The van der Waals surface area contributed by atoms with E-state index in [4.69, 9.17) is 4.74 Å². The van der Waals surface area contributed by atoms with Crippen LogP contribution in [0.1, 0.15) is 41.0 Å². The van der Waals surface area contributed by atoms with Gasteiger partial charge >= 0.3 is 5.97 Å². The molecular weight excluding hydrogens is 332 g/mol. The lowest BCUT2D eigenvalue weighted by atomic mass is 9.97. The van der Waals surface area contributed by atoms with Gasteiger partial charge < -0.3 is 20.1 Å². The Morgan fingerprint density at radius 3 is 2.58 bits per heavy atom.